The molecule has 2 aliphatic rings. The summed E-state index contributed by atoms with van der Waals surface area (Å²) in [4.78, 5) is 22.7. The molecular formula is C21H32N4O2. The lowest BCUT2D eigenvalue weighted by Gasteiger charge is -2.48. The molecule has 6 nitrogen and oxygen atoms in total. The predicted octanol–water partition coefficient (Wildman–Crippen LogP) is 3.41. The second-order valence-electron chi connectivity index (χ2n) is 8.55. The van der Waals surface area contributed by atoms with E-state index in [2.05, 4.69) is 28.7 Å². The third kappa shape index (κ3) is 3.57. The van der Waals surface area contributed by atoms with Crippen molar-refractivity contribution in [2.45, 2.75) is 77.0 Å². The van der Waals surface area contributed by atoms with Crippen LogP contribution < -0.4 is 5.69 Å². The second kappa shape index (κ2) is 7.40. The van der Waals surface area contributed by atoms with Crippen LogP contribution in [0.4, 0.5) is 0 Å². The van der Waals surface area contributed by atoms with Crippen LogP contribution in [0.25, 0.3) is 11.2 Å². The normalized spacial score (nSPS) is 28.0. The Morgan fingerprint density at radius 2 is 1.96 bits per heavy atom. The van der Waals surface area contributed by atoms with Crippen LogP contribution in [0.5, 0.6) is 0 Å². The van der Waals surface area contributed by atoms with Crippen molar-refractivity contribution in [3.05, 3.63) is 28.3 Å². The maximum atomic E-state index is 12.5. The van der Waals surface area contributed by atoms with Gasteiger partial charge in [0.15, 0.2) is 5.65 Å². The molecule has 4 rings (SSSR count). The number of ether oxygens (including phenoxy) is 1. The molecule has 148 valence electrons. The summed E-state index contributed by atoms with van der Waals surface area (Å²) in [6, 6.07) is 2.24. The van der Waals surface area contributed by atoms with E-state index in [-0.39, 0.29) is 17.3 Å². The zero-order chi connectivity index (χ0) is 19.0. The van der Waals surface area contributed by atoms with Gasteiger partial charge in [-0.15, -0.1) is 0 Å². The number of hydrogen-bond acceptors (Lipinski definition) is 4. The number of pyridine rings is 1. The van der Waals surface area contributed by atoms with Crippen LogP contribution in [0.15, 0.2) is 17.1 Å². The van der Waals surface area contributed by atoms with Crippen molar-refractivity contribution in [3.8, 4) is 0 Å². The van der Waals surface area contributed by atoms with Gasteiger partial charge in [-0.25, -0.2) is 9.78 Å². The van der Waals surface area contributed by atoms with E-state index < -0.39 is 0 Å². The van der Waals surface area contributed by atoms with E-state index >= 15 is 0 Å². The van der Waals surface area contributed by atoms with Gasteiger partial charge in [0.1, 0.15) is 0 Å². The number of aromatic amines is 1. The minimum absolute atomic E-state index is 0.0232. The van der Waals surface area contributed by atoms with E-state index in [1.807, 2.05) is 23.8 Å². The van der Waals surface area contributed by atoms with Crippen molar-refractivity contribution in [2.24, 2.45) is 0 Å². The minimum Gasteiger partial charge on any atom is -0.379 e. The summed E-state index contributed by atoms with van der Waals surface area (Å²) >= 11 is 0. The van der Waals surface area contributed by atoms with Crippen molar-refractivity contribution in [2.75, 3.05) is 19.7 Å². The van der Waals surface area contributed by atoms with Crippen LogP contribution in [0.1, 0.15) is 64.0 Å². The first-order chi connectivity index (χ1) is 13.0. The Labute approximate surface area is 160 Å². The number of H-pyrrole nitrogens is 1. The molecule has 1 N–H and O–H groups in total. The Balaban J connectivity index is 1.44. The summed E-state index contributed by atoms with van der Waals surface area (Å²) in [5.74, 6) is 0. The van der Waals surface area contributed by atoms with Gasteiger partial charge in [-0.2, -0.15) is 0 Å². The van der Waals surface area contributed by atoms with E-state index in [1.54, 1.807) is 0 Å². The molecule has 1 aliphatic carbocycles. The molecule has 0 unspecified atom stereocenters. The number of piperidine rings is 1. The third-order valence-corrected chi connectivity index (χ3v) is 6.70. The highest BCUT2D eigenvalue weighted by Gasteiger charge is 2.38. The first-order valence-corrected chi connectivity index (χ1v) is 10.4. The van der Waals surface area contributed by atoms with Gasteiger partial charge in [-0.1, -0.05) is 0 Å². The van der Waals surface area contributed by atoms with E-state index in [1.165, 1.54) is 12.8 Å². The number of aryl methyl sites for hydroxylation is 1. The first-order valence-electron chi connectivity index (χ1n) is 10.4. The lowest BCUT2D eigenvalue weighted by Crippen LogP contribution is -2.53. The van der Waals surface area contributed by atoms with Crippen LogP contribution in [0.3, 0.4) is 0 Å². The molecule has 0 bridgehead atoms. The smallest absolute Gasteiger partial charge is 0.327 e. The lowest BCUT2D eigenvalue weighted by molar-refractivity contribution is -0.0273. The fraction of sp³-hybridized carbons (Fsp3) is 0.714. The lowest BCUT2D eigenvalue weighted by atomic mass is 9.79. The number of aromatic nitrogens is 3. The minimum atomic E-state index is -0.0232. The monoisotopic (exact) mass is 372 g/mol. The quantitative estimate of drug-likeness (QED) is 0.893. The van der Waals surface area contributed by atoms with Crippen LogP contribution in [-0.4, -0.2) is 50.8 Å². The SMILES string of the molecule is CCO[C@H]1CC[C@](C)(N2CCC(n3c(=O)[nH]c4cc(C)cnc43)CC2)CC1. The molecule has 27 heavy (non-hydrogen) atoms. The number of nitrogens with zero attached hydrogens (tertiary/aromatic N) is 3. The highest BCUT2D eigenvalue weighted by Crippen LogP contribution is 2.37. The number of likely N-dealkylation sites (tertiary alicyclic amines) is 1. The highest BCUT2D eigenvalue weighted by atomic mass is 16.5. The fourth-order valence-corrected chi connectivity index (χ4v) is 5.05. The molecule has 0 aromatic carbocycles. The summed E-state index contributed by atoms with van der Waals surface area (Å²) in [5, 5.41) is 0. The van der Waals surface area contributed by atoms with Gasteiger partial charge in [0.25, 0.3) is 0 Å². The van der Waals surface area contributed by atoms with Crippen molar-refractivity contribution < 1.29 is 4.74 Å². The van der Waals surface area contributed by atoms with Crippen LogP contribution in [0.2, 0.25) is 0 Å². The summed E-state index contributed by atoms with van der Waals surface area (Å²) in [5.41, 5.74) is 2.97. The molecule has 0 atom stereocenters. The molecule has 1 aliphatic heterocycles. The molecule has 1 saturated heterocycles. The van der Waals surface area contributed by atoms with E-state index in [0.717, 1.165) is 62.1 Å². The predicted molar refractivity (Wildman–Crippen MR) is 107 cm³/mol. The van der Waals surface area contributed by atoms with Gasteiger partial charge in [0.2, 0.25) is 0 Å². The Hall–Kier alpha value is -1.66. The number of nitrogens with one attached hydrogen (secondary N) is 1. The van der Waals surface area contributed by atoms with Gasteiger partial charge < -0.3 is 9.72 Å². The van der Waals surface area contributed by atoms with Crippen LogP contribution in [0, 0.1) is 6.92 Å². The van der Waals surface area contributed by atoms with E-state index in [9.17, 15) is 4.79 Å². The summed E-state index contributed by atoms with van der Waals surface area (Å²) in [6.45, 7) is 9.41. The molecule has 1 saturated carbocycles. The maximum Gasteiger partial charge on any atom is 0.327 e. The molecule has 0 radical (unpaired) electrons. The fourth-order valence-electron chi connectivity index (χ4n) is 5.05. The first kappa shape index (κ1) is 18.7. The number of hydrogen-bond donors (Lipinski definition) is 1. The Morgan fingerprint density at radius 3 is 2.63 bits per heavy atom. The number of fused-ring (bicyclic) bond motifs is 1. The molecule has 3 heterocycles. The van der Waals surface area contributed by atoms with Crippen molar-refractivity contribution in [3.63, 3.8) is 0 Å². The topological polar surface area (TPSA) is 63.1 Å². The van der Waals surface area contributed by atoms with Crippen LogP contribution >= 0.6 is 0 Å². The Kier molecular flexibility index (Phi) is 5.12. The summed E-state index contributed by atoms with van der Waals surface area (Å²) < 4.78 is 7.71. The van der Waals surface area contributed by atoms with Gasteiger partial charge >= 0.3 is 5.69 Å². The average molecular weight is 373 g/mol. The van der Waals surface area contributed by atoms with Crippen molar-refractivity contribution in [1.82, 2.24) is 19.4 Å². The van der Waals surface area contributed by atoms with Gasteiger partial charge in [0, 0.05) is 37.5 Å². The molecule has 2 aromatic rings. The number of rotatable bonds is 4. The van der Waals surface area contributed by atoms with Gasteiger partial charge in [-0.05, 0) is 70.9 Å². The highest BCUT2D eigenvalue weighted by molar-refractivity contribution is 5.71. The summed E-state index contributed by atoms with van der Waals surface area (Å²) in [7, 11) is 0. The van der Waals surface area contributed by atoms with E-state index in [4.69, 9.17) is 4.74 Å². The van der Waals surface area contributed by atoms with Crippen molar-refractivity contribution >= 4 is 11.2 Å². The third-order valence-electron chi connectivity index (χ3n) is 6.70. The molecule has 2 fully saturated rings. The van der Waals surface area contributed by atoms with Crippen LogP contribution in [-0.2, 0) is 4.74 Å². The van der Waals surface area contributed by atoms with Gasteiger partial charge in [0.05, 0.1) is 11.6 Å². The second-order valence-corrected chi connectivity index (χ2v) is 8.55. The summed E-state index contributed by atoms with van der Waals surface area (Å²) in [6.07, 6.45) is 9.04. The van der Waals surface area contributed by atoms with E-state index in [0.29, 0.717) is 6.10 Å². The standard InChI is InChI=1S/C21H32N4O2/c1-4-27-17-5-9-21(3,10-6-17)24-11-7-16(8-12-24)25-19-18(23-20(25)26)13-15(2)14-22-19/h13-14,16-17H,4-12H2,1-3H3,(H,23,26)/t17-,21-. The largest absolute Gasteiger partial charge is 0.379 e. The van der Waals surface area contributed by atoms with Gasteiger partial charge in [-0.3, -0.25) is 9.47 Å². The Bertz CT molecular complexity index is 839. The maximum absolute atomic E-state index is 12.5. The zero-order valence-electron chi connectivity index (χ0n) is 16.8. The molecule has 6 heteroatoms. The molecule has 2 aromatic heterocycles. The molecule has 0 spiro atoms. The number of imidazole rings is 1. The van der Waals surface area contributed by atoms with Crippen molar-refractivity contribution in [1.29, 1.82) is 0 Å². The molecular weight excluding hydrogens is 340 g/mol. The molecule has 0 amide bonds. The Morgan fingerprint density at radius 1 is 1.26 bits per heavy atom. The zero-order valence-corrected chi connectivity index (χ0v) is 16.8. The average Bonchev–Trinajstić information content (AvgIpc) is 2.99.